The molecule has 0 aliphatic rings. The van der Waals surface area contributed by atoms with Crippen molar-refractivity contribution in [2.24, 2.45) is 0 Å². The van der Waals surface area contributed by atoms with Gasteiger partial charge in [0.2, 0.25) is 5.91 Å². The summed E-state index contributed by atoms with van der Waals surface area (Å²) in [6.45, 7) is -0.962. The van der Waals surface area contributed by atoms with Gasteiger partial charge in [-0.2, -0.15) is 8.78 Å². The largest absolute Gasteiger partial charge is 0.433 e. The molecule has 0 fully saturated rings. The fraction of sp³-hybridized carbons (Fsp3) is 0.222. The minimum absolute atomic E-state index is 0.0344. The third-order valence-corrected chi connectivity index (χ3v) is 3.73. The number of ether oxygens (including phenoxy) is 1. The van der Waals surface area contributed by atoms with Gasteiger partial charge in [0, 0.05) is 6.42 Å². The Hall–Kier alpha value is -2.96. The van der Waals surface area contributed by atoms with E-state index in [0.717, 1.165) is 16.9 Å². The second-order valence-electron chi connectivity index (χ2n) is 5.38. The summed E-state index contributed by atoms with van der Waals surface area (Å²) in [5, 5.41) is 2.62. The lowest BCUT2D eigenvalue weighted by molar-refractivity contribution is -0.116. The number of anilines is 1. The molecule has 0 unspecified atom stereocenters. The molecule has 7 heteroatoms. The van der Waals surface area contributed by atoms with Crippen LogP contribution in [0.2, 0.25) is 0 Å². The maximum absolute atomic E-state index is 12.5. The van der Waals surface area contributed by atoms with E-state index in [-0.39, 0.29) is 23.9 Å². The van der Waals surface area contributed by atoms with Crippen molar-refractivity contribution >= 4 is 22.6 Å². The molecule has 1 heterocycles. The standard InChI is InChI=1S/C18H17F2N3O2/c1-2-16-21-12-7-3-5-9-14(12)23(16)11-17(24)22-13-8-4-6-10-15(13)25-18(19)20/h3-10,18H,2,11H2,1H3,(H,22,24). The first-order valence-electron chi connectivity index (χ1n) is 7.86. The molecular weight excluding hydrogens is 328 g/mol. The number of benzene rings is 2. The Morgan fingerprint density at radius 2 is 1.92 bits per heavy atom. The molecule has 130 valence electrons. The van der Waals surface area contributed by atoms with Gasteiger partial charge >= 0.3 is 6.61 Å². The lowest BCUT2D eigenvalue weighted by atomic mass is 10.3. The van der Waals surface area contributed by atoms with Crippen LogP contribution in [0.5, 0.6) is 5.75 Å². The number of rotatable bonds is 6. The molecule has 0 spiro atoms. The molecule has 3 aromatic rings. The molecule has 0 saturated carbocycles. The van der Waals surface area contributed by atoms with E-state index >= 15 is 0 Å². The first kappa shape index (κ1) is 16.9. The summed E-state index contributed by atoms with van der Waals surface area (Å²) in [4.78, 5) is 16.9. The number of para-hydroxylation sites is 4. The van der Waals surface area contributed by atoms with Crippen molar-refractivity contribution < 1.29 is 18.3 Å². The number of imidazole rings is 1. The molecule has 0 atom stereocenters. The zero-order valence-corrected chi connectivity index (χ0v) is 13.6. The van der Waals surface area contributed by atoms with E-state index in [1.165, 1.54) is 12.1 Å². The van der Waals surface area contributed by atoms with Gasteiger partial charge in [-0.25, -0.2) is 4.98 Å². The molecule has 1 aromatic heterocycles. The zero-order valence-electron chi connectivity index (χ0n) is 13.6. The number of fused-ring (bicyclic) bond motifs is 1. The average Bonchev–Trinajstić information content (AvgIpc) is 2.94. The van der Waals surface area contributed by atoms with Gasteiger partial charge in [0.25, 0.3) is 0 Å². The highest BCUT2D eigenvalue weighted by molar-refractivity contribution is 5.93. The molecule has 0 saturated heterocycles. The Kier molecular flexibility index (Phi) is 4.92. The summed E-state index contributed by atoms with van der Waals surface area (Å²) in [5.41, 5.74) is 1.87. The molecular formula is C18H17F2N3O2. The summed E-state index contributed by atoms with van der Waals surface area (Å²) < 4.78 is 31.2. The van der Waals surface area contributed by atoms with Gasteiger partial charge in [0.05, 0.1) is 16.7 Å². The summed E-state index contributed by atoms with van der Waals surface area (Å²) >= 11 is 0. The molecule has 1 N–H and O–H groups in total. The lowest BCUT2D eigenvalue weighted by Crippen LogP contribution is -2.20. The van der Waals surface area contributed by atoms with Crippen LogP contribution in [0.25, 0.3) is 11.0 Å². The van der Waals surface area contributed by atoms with Gasteiger partial charge in [-0.1, -0.05) is 31.2 Å². The summed E-state index contributed by atoms with van der Waals surface area (Å²) in [6.07, 6.45) is 0.674. The number of amides is 1. The number of nitrogens with zero attached hydrogens (tertiary/aromatic N) is 2. The number of aryl methyl sites for hydroxylation is 1. The highest BCUT2D eigenvalue weighted by Gasteiger charge is 2.15. The monoisotopic (exact) mass is 345 g/mol. The van der Waals surface area contributed by atoms with E-state index in [1.807, 2.05) is 35.8 Å². The van der Waals surface area contributed by atoms with Crippen LogP contribution in [-0.2, 0) is 17.8 Å². The van der Waals surface area contributed by atoms with Crippen molar-refractivity contribution in [3.05, 3.63) is 54.4 Å². The van der Waals surface area contributed by atoms with Gasteiger partial charge < -0.3 is 14.6 Å². The van der Waals surface area contributed by atoms with Crippen molar-refractivity contribution in [2.45, 2.75) is 26.5 Å². The van der Waals surface area contributed by atoms with E-state index in [0.29, 0.717) is 6.42 Å². The highest BCUT2D eigenvalue weighted by Crippen LogP contribution is 2.25. The van der Waals surface area contributed by atoms with Crippen LogP contribution in [0.3, 0.4) is 0 Å². The van der Waals surface area contributed by atoms with Gasteiger partial charge in [-0.3, -0.25) is 4.79 Å². The van der Waals surface area contributed by atoms with Crippen molar-refractivity contribution in [1.82, 2.24) is 9.55 Å². The Labute approximate surface area is 143 Å². The summed E-state index contributed by atoms with van der Waals surface area (Å²) in [7, 11) is 0. The van der Waals surface area contributed by atoms with Crippen molar-refractivity contribution in [3.63, 3.8) is 0 Å². The average molecular weight is 345 g/mol. The van der Waals surface area contributed by atoms with Gasteiger partial charge in [0.1, 0.15) is 18.1 Å². The second kappa shape index (κ2) is 7.29. The van der Waals surface area contributed by atoms with E-state index < -0.39 is 6.61 Å². The number of carbonyl (C=O) groups is 1. The summed E-state index contributed by atoms with van der Waals surface area (Å²) in [5.74, 6) is 0.369. The van der Waals surface area contributed by atoms with Gasteiger partial charge in [-0.15, -0.1) is 0 Å². The highest BCUT2D eigenvalue weighted by atomic mass is 19.3. The predicted octanol–water partition coefficient (Wildman–Crippen LogP) is 3.84. The van der Waals surface area contributed by atoms with Crippen LogP contribution < -0.4 is 10.1 Å². The van der Waals surface area contributed by atoms with Gasteiger partial charge in [0.15, 0.2) is 0 Å². The number of alkyl halides is 2. The molecule has 25 heavy (non-hydrogen) atoms. The summed E-state index contributed by atoms with van der Waals surface area (Å²) in [6, 6.07) is 13.6. The molecule has 0 aliphatic heterocycles. The number of nitrogens with one attached hydrogen (secondary N) is 1. The van der Waals surface area contributed by atoms with E-state index in [9.17, 15) is 13.6 Å². The van der Waals surface area contributed by atoms with Crippen LogP contribution in [-0.4, -0.2) is 22.1 Å². The number of halogens is 2. The second-order valence-corrected chi connectivity index (χ2v) is 5.38. The SMILES string of the molecule is CCc1nc2ccccc2n1CC(=O)Nc1ccccc1OC(F)F. The molecule has 1 amide bonds. The first-order valence-corrected chi connectivity index (χ1v) is 7.86. The number of carbonyl (C=O) groups excluding carboxylic acids is 1. The van der Waals surface area contributed by atoms with E-state index in [1.54, 1.807) is 12.1 Å². The topological polar surface area (TPSA) is 56.2 Å². The smallest absolute Gasteiger partial charge is 0.387 e. The Bertz CT molecular complexity index is 893. The third-order valence-electron chi connectivity index (χ3n) is 3.73. The fourth-order valence-electron chi connectivity index (χ4n) is 2.67. The van der Waals surface area contributed by atoms with Crippen LogP contribution >= 0.6 is 0 Å². The van der Waals surface area contributed by atoms with Crippen molar-refractivity contribution in [3.8, 4) is 5.75 Å². The lowest BCUT2D eigenvalue weighted by Gasteiger charge is -2.13. The third kappa shape index (κ3) is 3.76. The molecule has 0 aliphatic carbocycles. The minimum atomic E-state index is -2.96. The van der Waals surface area contributed by atoms with E-state index in [4.69, 9.17) is 0 Å². The van der Waals surface area contributed by atoms with Crippen molar-refractivity contribution in [1.29, 1.82) is 0 Å². The number of hydrogen-bond donors (Lipinski definition) is 1. The van der Waals surface area contributed by atoms with Crippen LogP contribution in [0.4, 0.5) is 14.5 Å². The Morgan fingerprint density at radius 1 is 1.20 bits per heavy atom. The van der Waals surface area contributed by atoms with Crippen LogP contribution in [0, 0.1) is 0 Å². The normalized spacial score (nSPS) is 11.0. The zero-order chi connectivity index (χ0) is 17.8. The Morgan fingerprint density at radius 3 is 2.68 bits per heavy atom. The molecule has 0 bridgehead atoms. The predicted molar refractivity (Wildman–Crippen MR) is 90.8 cm³/mol. The minimum Gasteiger partial charge on any atom is -0.433 e. The molecule has 0 radical (unpaired) electrons. The van der Waals surface area contributed by atoms with Gasteiger partial charge in [-0.05, 0) is 24.3 Å². The maximum Gasteiger partial charge on any atom is 0.387 e. The molecule has 3 rings (SSSR count). The molecule has 5 nitrogen and oxygen atoms in total. The van der Waals surface area contributed by atoms with E-state index in [2.05, 4.69) is 15.0 Å². The quantitative estimate of drug-likeness (QED) is 0.738. The Balaban J connectivity index is 1.82. The maximum atomic E-state index is 12.5. The van der Waals surface area contributed by atoms with Crippen LogP contribution in [0.1, 0.15) is 12.7 Å². The first-order chi connectivity index (χ1) is 12.1. The van der Waals surface area contributed by atoms with Crippen LogP contribution in [0.15, 0.2) is 48.5 Å². The number of hydrogen-bond acceptors (Lipinski definition) is 3. The van der Waals surface area contributed by atoms with Crippen molar-refractivity contribution in [2.75, 3.05) is 5.32 Å². The number of aromatic nitrogens is 2. The fourth-order valence-corrected chi connectivity index (χ4v) is 2.67. The molecule has 2 aromatic carbocycles.